The molecule has 0 aliphatic rings. The number of nitrogens with two attached hydrogens (primary N) is 1. The lowest BCUT2D eigenvalue weighted by Crippen LogP contribution is -2.16. The summed E-state index contributed by atoms with van der Waals surface area (Å²) in [6.07, 6.45) is 3.59. The first kappa shape index (κ1) is 13.5. The molecule has 0 unspecified atom stereocenters. The number of hydrogen-bond donors (Lipinski definition) is 2. The molecule has 5 nitrogen and oxygen atoms in total. The normalized spacial score (nSPS) is 10.5. The number of nitrogens with one attached hydrogen (secondary N) is 1. The number of hydrogen-bond acceptors (Lipinski definition) is 4. The smallest absolute Gasteiger partial charge is 0.136 e. The third-order valence-electron chi connectivity index (χ3n) is 3.19. The van der Waals surface area contributed by atoms with Gasteiger partial charge in [-0.3, -0.25) is 4.68 Å². The minimum absolute atomic E-state index is 0.357. The Morgan fingerprint density at radius 2 is 2.21 bits per heavy atom. The van der Waals surface area contributed by atoms with E-state index in [2.05, 4.69) is 15.4 Å². The van der Waals surface area contributed by atoms with Crippen molar-refractivity contribution in [3.63, 3.8) is 0 Å². The highest BCUT2D eigenvalue weighted by Gasteiger charge is 2.10. The lowest BCUT2D eigenvalue weighted by Gasteiger charge is -2.12. The van der Waals surface area contributed by atoms with E-state index >= 15 is 0 Å². The third kappa shape index (κ3) is 2.73. The van der Waals surface area contributed by atoms with Crippen LogP contribution in [0.4, 0.5) is 5.82 Å². The van der Waals surface area contributed by atoms with Crippen LogP contribution in [0, 0.1) is 13.8 Å². The van der Waals surface area contributed by atoms with Crippen LogP contribution in [-0.2, 0) is 13.6 Å². The fourth-order valence-electron chi connectivity index (χ4n) is 1.90. The second-order valence-corrected chi connectivity index (χ2v) is 4.89. The molecular weight excluding hydrogens is 258 g/mol. The molecule has 0 atom stereocenters. The van der Waals surface area contributed by atoms with Gasteiger partial charge in [0.1, 0.15) is 10.8 Å². The van der Waals surface area contributed by atoms with Crippen LogP contribution >= 0.6 is 12.2 Å². The van der Waals surface area contributed by atoms with Gasteiger partial charge in [-0.2, -0.15) is 5.10 Å². The number of rotatable bonds is 4. The lowest BCUT2D eigenvalue weighted by atomic mass is 10.1. The SMILES string of the molecule is Cc1ccnc(NCc2cnn(C)c2C)c1C(N)=S. The highest BCUT2D eigenvalue weighted by molar-refractivity contribution is 7.80. The number of pyridine rings is 1. The molecule has 0 spiro atoms. The molecule has 0 aliphatic heterocycles. The Morgan fingerprint density at radius 3 is 2.79 bits per heavy atom. The molecule has 6 heteroatoms. The number of aromatic nitrogens is 3. The van der Waals surface area contributed by atoms with Crippen molar-refractivity contribution >= 4 is 23.0 Å². The van der Waals surface area contributed by atoms with Crippen molar-refractivity contribution in [3.8, 4) is 0 Å². The first-order valence-electron chi connectivity index (χ1n) is 5.97. The monoisotopic (exact) mass is 275 g/mol. The molecule has 3 N–H and O–H groups in total. The summed E-state index contributed by atoms with van der Waals surface area (Å²) in [5.41, 5.74) is 9.83. The van der Waals surface area contributed by atoms with Crippen LogP contribution in [0.5, 0.6) is 0 Å². The van der Waals surface area contributed by atoms with Gasteiger partial charge in [0.15, 0.2) is 0 Å². The largest absolute Gasteiger partial charge is 0.389 e. The average molecular weight is 275 g/mol. The van der Waals surface area contributed by atoms with Crippen molar-refractivity contribution in [2.24, 2.45) is 12.8 Å². The van der Waals surface area contributed by atoms with Gasteiger partial charge in [-0.15, -0.1) is 0 Å². The topological polar surface area (TPSA) is 68.8 Å². The second-order valence-electron chi connectivity index (χ2n) is 4.45. The van der Waals surface area contributed by atoms with Crippen molar-refractivity contribution in [2.45, 2.75) is 20.4 Å². The van der Waals surface area contributed by atoms with Gasteiger partial charge in [-0.1, -0.05) is 12.2 Å². The highest BCUT2D eigenvalue weighted by Crippen LogP contribution is 2.18. The fourth-order valence-corrected chi connectivity index (χ4v) is 2.16. The summed E-state index contributed by atoms with van der Waals surface area (Å²) >= 11 is 5.08. The number of aryl methyl sites for hydroxylation is 2. The Hall–Kier alpha value is -1.95. The third-order valence-corrected chi connectivity index (χ3v) is 3.39. The van der Waals surface area contributed by atoms with Crippen LogP contribution in [0.2, 0.25) is 0 Å². The van der Waals surface area contributed by atoms with Crippen LogP contribution in [0.3, 0.4) is 0 Å². The summed E-state index contributed by atoms with van der Waals surface area (Å²) in [6.45, 7) is 4.64. The van der Waals surface area contributed by atoms with Crippen molar-refractivity contribution < 1.29 is 0 Å². The minimum Gasteiger partial charge on any atom is -0.389 e. The summed E-state index contributed by atoms with van der Waals surface area (Å²) in [6, 6.07) is 1.90. The molecule has 2 aromatic heterocycles. The van der Waals surface area contributed by atoms with E-state index < -0.39 is 0 Å². The van der Waals surface area contributed by atoms with E-state index in [1.807, 2.05) is 37.8 Å². The van der Waals surface area contributed by atoms with Crippen LogP contribution < -0.4 is 11.1 Å². The number of nitrogens with zero attached hydrogens (tertiary/aromatic N) is 3. The van der Waals surface area contributed by atoms with Crippen LogP contribution in [0.15, 0.2) is 18.5 Å². The zero-order valence-electron chi connectivity index (χ0n) is 11.3. The average Bonchev–Trinajstić information content (AvgIpc) is 2.67. The van der Waals surface area contributed by atoms with Crippen molar-refractivity contribution in [1.82, 2.24) is 14.8 Å². The van der Waals surface area contributed by atoms with Crippen molar-refractivity contribution in [3.05, 3.63) is 40.8 Å². The van der Waals surface area contributed by atoms with Crippen LogP contribution in [0.1, 0.15) is 22.4 Å². The van der Waals surface area contributed by atoms with E-state index in [1.165, 1.54) is 0 Å². The van der Waals surface area contributed by atoms with Crippen LogP contribution in [-0.4, -0.2) is 19.8 Å². The van der Waals surface area contributed by atoms with Gasteiger partial charge < -0.3 is 11.1 Å². The molecule has 0 radical (unpaired) electrons. The van der Waals surface area contributed by atoms with E-state index in [1.54, 1.807) is 6.20 Å². The Balaban J connectivity index is 2.23. The standard InChI is InChI=1S/C13H17N5S/c1-8-4-5-15-13(11(8)12(14)19)16-6-10-7-17-18(3)9(10)2/h4-5,7H,6H2,1-3H3,(H2,14,19)(H,15,16). The molecule has 2 heterocycles. The molecule has 2 aromatic rings. The van der Waals surface area contributed by atoms with E-state index in [0.717, 1.165) is 28.2 Å². The molecule has 0 saturated carbocycles. The Labute approximate surface area is 117 Å². The minimum atomic E-state index is 0.357. The summed E-state index contributed by atoms with van der Waals surface area (Å²) < 4.78 is 1.84. The van der Waals surface area contributed by atoms with Gasteiger partial charge in [-0.25, -0.2) is 4.98 Å². The second kappa shape index (κ2) is 5.36. The fraction of sp³-hybridized carbons (Fsp3) is 0.308. The van der Waals surface area contributed by atoms with E-state index in [-0.39, 0.29) is 0 Å². The van der Waals surface area contributed by atoms with Gasteiger partial charge in [-0.05, 0) is 25.5 Å². The lowest BCUT2D eigenvalue weighted by molar-refractivity contribution is 0.738. The molecular formula is C13H17N5S. The van der Waals surface area contributed by atoms with Gasteiger partial charge in [0, 0.05) is 31.0 Å². The number of thiocarbonyl (C=S) groups is 1. The maximum atomic E-state index is 5.75. The Kier molecular flexibility index (Phi) is 3.80. The Bertz CT molecular complexity index is 617. The molecule has 0 aromatic carbocycles. The summed E-state index contributed by atoms with van der Waals surface area (Å²) in [7, 11) is 1.92. The highest BCUT2D eigenvalue weighted by atomic mass is 32.1. The van der Waals surface area contributed by atoms with E-state index in [9.17, 15) is 0 Å². The molecule has 0 amide bonds. The molecule has 0 bridgehead atoms. The Morgan fingerprint density at radius 1 is 1.47 bits per heavy atom. The molecule has 0 aliphatic carbocycles. The van der Waals surface area contributed by atoms with Gasteiger partial charge in [0.2, 0.25) is 0 Å². The van der Waals surface area contributed by atoms with Gasteiger partial charge in [0.25, 0.3) is 0 Å². The van der Waals surface area contributed by atoms with E-state index in [4.69, 9.17) is 18.0 Å². The molecule has 2 rings (SSSR count). The zero-order chi connectivity index (χ0) is 14.0. The number of anilines is 1. The summed E-state index contributed by atoms with van der Waals surface area (Å²) in [5, 5.41) is 7.48. The molecule has 0 fully saturated rings. The van der Waals surface area contributed by atoms with Gasteiger partial charge >= 0.3 is 0 Å². The zero-order valence-corrected chi connectivity index (χ0v) is 12.1. The summed E-state index contributed by atoms with van der Waals surface area (Å²) in [4.78, 5) is 4.66. The quantitative estimate of drug-likeness (QED) is 0.831. The van der Waals surface area contributed by atoms with Gasteiger partial charge in [0.05, 0.1) is 11.8 Å². The van der Waals surface area contributed by atoms with Crippen molar-refractivity contribution in [1.29, 1.82) is 0 Å². The van der Waals surface area contributed by atoms with Crippen LogP contribution in [0.25, 0.3) is 0 Å². The maximum absolute atomic E-state index is 5.75. The summed E-state index contributed by atoms with van der Waals surface area (Å²) in [5.74, 6) is 0.718. The predicted molar refractivity (Wildman–Crippen MR) is 80.1 cm³/mol. The van der Waals surface area contributed by atoms with Crippen molar-refractivity contribution in [2.75, 3.05) is 5.32 Å². The molecule has 0 saturated heterocycles. The molecule has 100 valence electrons. The molecule has 19 heavy (non-hydrogen) atoms. The predicted octanol–water partition coefficient (Wildman–Crippen LogP) is 1.68. The maximum Gasteiger partial charge on any atom is 0.136 e. The first-order chi connectivity index (χ1) is 9.00. The van der Waals surface area contributed by atoms with E-state index in [0.29, 0.717) is 11.5 Å². The first-order valence-corrected chi connectivity index (χ1v) is 6.38.